The maximum Gasteiger partial charge on any atom is 0.419 e. The van der Waals surface area contributed by atoms with Crippen molar-refractivity contribution >= 4 is 5.95 Å². The van der Waals surface area contributed by atoms with Gasteiger partial charge in [-0.15, -0.1) is 5.10 Å². The van der Waals surface area contributed by atoms with Crippen LogP contribution >= 0.6 is 0 Å². The standard InChI is InChI=1S/C23H28F3N7O/c1-14-30-31-32-33(14)19-7-5-4-6-16(19)12-27-21-28-13-17(23(24,25)26)18(29-21)10-15-8-9-20(34)22(2,3)11-15/h4-7,13,15,20,34H,8-12H2,1-3H3,(H,27,28,29)/t15?,20-/m1/s1. The van der Waals surface area contributed by atoms with Gasteiger partial charge in [-0.05, 0) is 66.0 Å². The molecule has 0 aliphatic heterocycles. The van der Waals surface area contributed by atoms with Crippen molar-refractivity contribution in [2.75, 3.05) is 5.32 Å². The Morgan fingerprint density at radius 1 is 1.21 bits per heavy atom. The number of benzene rings is 1. The van der Waals surface area contributed by atoms with Gasteiger partial charge in [-0.25, -0.2) is 9.97 Å². The Kier molecular flexibility index (Phi) is 6.57. The minimum absolute atomic E-state index is 0.00534. The lowest BCUT2D eigenvalue weighted by Crippen LogP contribution is -2.37. The molecular weight excluding hydrogens is 447 g/mol. The number of tetrazole rings is 1. The molecule has 2 aromatic heterocycles. The van der Waals surface area contributed by atoms with E-state index >= 15 is 0 Å². The number of hydrogen-bond donors (Lipinski definition) is 2. The zero-order valence-electron chi connectivity index (χ0n) is 19.3. The fourth-order valence-corrected chi connectivity index (χ4v) is 4.60. The molecule has 1 aliphatic carbocycles. The molecule has 11 heteroatoms. The molecule has 2 heterocycles. The summed E-state index contributed by atoms with van der Waals surface area (Å²) in [4.78, 5) is 8.21. The fourth-order valence-electron chi connectivity index (χ4n) is 4.60. The van der Waals surface area contributed by atoms with Crippen molar-refractivity contribution in [2.24, 2.45) is 11.3 Å². The molecule has 0 spiro atoms. The van der Waals surface area contributed by atoms with Crippen molar-refractivity contribution < 1.29 is 18.3 Å². The van der Waals surface area contributed by atoms with Gasteiger partial charge in [0.2, 0.25) is 5.95 Å². The molecular formula is C23H28F3N7O. The third-order valence-corrected chi connectivity index (χ3v) is 6.50. The quantitative estimate of drug-likeness (QED) is 0.553. The van der Waals surface area contributed by atoms with Gasteiger partial charge in [0.05, 0.1) is 23.0 Å². The number of aliphatic hydroxyl groups excluding tert-OH is 1. The number of nitrogens with one attached hydrogen (secondary N) is 1. The number of aromatic nitrogens is 6. The van der Waals surface area contributed by atoms with Crippen LogP contribution in [0.3, 0.4) is 0 Å². The van der Waals surface area contributed by atoms with Crippen LogP contribution in [0.1, 0.15) is 55.8 Å². The minimum Gasteiger partial charge on any atom is -0.393 e. The zero-order valence-corrected chi connectivity index (χ0v) is 19.3. The predicted octanol–water partition coefficient (Wildman–Crippen LogP) is 4.12. The maximum absolute atomic E-state index is 13.7. The Labute approximate surface area is 195 Å². The lowest BCUT2D eigenvalue weighted by atomic mass is 9.69. The second-order valence-electron chi connectivity index (χ2n) is 9.53. The Bertz CT molecular complexity index is 1150. The highest BCUT2D eigenvalue weighted by Crippen LogP contribution is 2.41. The molecule has 2 N–H and O–H groups in total. The van der Waals surface area contributed by atoms with Crippen molar-refractivity contribution in [1.82, 2.24) is 30.2 Å². The van der Waals surface area contributed by atoms with Crippen molar-refractivity contribution in [2.45, 2.75) is 65.3 Å². The summed E-state index contributed by atoms with van der Waals surface area (Å²) in [6, 6.07) is 7.45. The van der Waals surface area contributed by atoms with Crippen LogP contribution in [0.5, 0.6) is 0 Å². The van der Waals surface area contributed by atoms with Crippen molar-refractivity contribution in [1.29, 1.82) is 0 Å². The molecule has 1 aromatic carbocycles. The highest BCUT2D eigenvalue weighted by atomic mass is 19.4. The zero-order chi connectivity index (χ0) is 24.5. The number of aryl methyl sites for hydroxylation is 1. The molecule has 3 aromatic rings. The molecule has 1 saturated carbocycles. The van der Waals surface area contributed by atoms with Gasteiger partial charge in [0.15, 0.2) is 5.82 Å². The SMILES string of the molecule is Cc1nnnn1-c1ccccc1CNc1ncc(C(F)(F)F)c(CC2CC[C@@H](O)C(C)(C)C2)n1. The third kappa shape index (κ3) is 5.19. The van der Waals surface area contributed by atoms with E-state index in [1.54, 1.807) is 11.6 Å². The Morgan fingerprint density at radius 3 is 2.65 bits per heavy atom. The summed E-state index contributed by atoms with van der Waals surface area (Å²) < 4.78 is 42.6. The second kappa shape index (κ2) is 9.28. The molecule has 0 saturated heterocycles. The summed E-state index contributed by atoms with van der Waals surface area (Å²) >= 11 is 0. The summed E-state index contributed by atoms with van der Waals surface area (Å²) in [6.45, 7) is 5.96. The van der Waals surface area contributed by atoms with Crippen LogP contribution in [-0.4, -0.2) is 41.4 Å². The first kappa shape index (κ1) is 24.1. The molecule has 1 fully saturated rings. The van der Waals surface area contributed by atoms with Gasteiger partial charge in [-0.3, -0.25) is 0 Å². The molecule has 34 heavy (non-hydrogen) atoms. The van der Waals surface area contributed by atoms with Crippen molar-refractivity contribution in [3.05, 3.63) is 53.1 Å². The van der Waals surface area contributed by atoms with Crippen LogP contribution in [0.15, 0.2) is 30.5 Å². The number of para-hydroxylation sites is 1. The van der Waals surface area contributed by atoms with Crippen LogP contribution in [-0.2, 0) is 19.1 Å². The van der Waals surface area contributed by atoms with Crippen LogP contribution in [0.25, 0.3) is 5.69 Å². The molecule has 1 aliphatic rings. The molecule has 1 unspecified atom stereocenters. The molecule has 2 atom stereocenters. The van der Waals surface area contributed by atoms with Gasteiger partial charge in [0.1, 0.15) is 0 Å². The van der Waals surface area contributed by atoms with Crippen molar-refractivity contribution in [3.63, 3.8) is 0 Å². The van der Waals surface area contributed by atoms with Gasteiger partial charge < -0.3 is 10.4 Å². The number of anilines is 1. The van der Waals surface area contributed by atoms with Gasteiger partial charge >= 0.3 is 6.18 Å². The van der Waals surface area contributed by atoms with Gasteiger partial charge in [0.25, 0.3) is 0 Å². The normalized spacial score (nSPS) is 20.3. The van der Waals surface area contributed by atoms with E-state index in [9.17, 15) is 18.3 Å². The topological polar surface area (TPSA) is 102 Å². The molecule has 182 valence electrons. The first-order valence-corrected chi connectivity index (χ1v) is 11.2. The summed E-state index contributed by atoms with van der Waals surface area (Å²) in [5.41, 5.74) is 0.421. The summed E-state index contributed by atoms with van der Waals surface area (Å²) in [5.74, 6) is 0.744. The first-order valence-electron chi connectivity index (χ1n) is 11.2. The van der Waals surface area contributed by atoms with Gasteiger partial charge in [0, 0.05) is 12.7 Å². The number of halogens is 3. The Balaban J connectivity index is 1.56. The van der Waals surface area contributed by atoms with Crippen LogP contribution in [0, 0.1) is 18.3 Å². The highest BCUT2D eigenvalue weighted by molar-refractivity contribution is 5.43. The number of nitrogens with zero attached hydrogens (tertiary/aromatic N) is 6. The Hall–Kier alpha value is -3.08. The average molecular weight is 476 g/mol. The fraction of sp³-hybridized carbons (Fsp3) is 0.522. The molecule has 0 bridgehead atoms. The number of alkyl halides is 3. The van der Waals surface area contributed by atoms with E-state index in [0.29, 0.717) is 25.1 Å². The number of aliphatic hydroxyl groups is 1. The average Bonchev–Trinajstić information content (AvgIpc) is 3.20. The van der Waals surface area contributed by atoms with E-state index in [4.69, 9.17) is 0 Å². The predicted molar refractivity (Wildman–Crippen MR) is 119 cm³/mol. The molecule has 0 amide bonds. The summed E-state index contributed by atoms with van der Waals surface area (Å²) in [5, 5.41) is 24.8. The van der Waals surface area contributed by atoms with Crippen LogP contribution in [0.2, 0.25) is 0 Å². The van der Waals surface area contributed by atoms with E-state index in [2.05, 4.69) is 30.8 Å². The number of hydrogen-bond acceptors (Lipinski definition) is 7. The van der Waals surface area contributed by atoms with E-state index in [-0.39, 0.29) is 35.9 Å². The van der Waals surface area contributed by atoms with E-state index in [1.807, 2.05) is 38.1 Å². The van der Waals surface area contributed by atoms with Crippen LogP contribution in [0.4, 0.5) is 19.1 Å². The first-order chi connectivity index (χ1) is 16.0. The summed E-state index contributed by atoms with van der Waals surface area (Å²) in [6.07, 6.45) is -2.08. The van der Waals surface area contributed by atoms with E-state index < -0.39 is 17.8 Å². The third-order valence-electron chi connectivity index (χ3n) is 6.50. The lowest BCUT2D eigenvalue weighted by molar-refractivity contribution is -0.138. The number of rotatable bonds is 6. The van der Waals surface area contributed by atoms with Gasteiger partial charge in [-0.2, -0.15) is 17.9 Å². The van der Waals surface area contributed by atoms with E-state index in [1.165, 1.54) is 0 Å². The highest BCUT2D eigenvalue weighted by Gasteiger charge is 2.39. The van der Waals surface area contributed by atoms with Crippen LogP contribution < -0.4 is 5.32 Å². The lowest BCUT2D eigenvalue weighted by Gasteiger charge is -2.39. The maximum atomic E-state index is 13.7. The molecule has 0 radical (unpaired) electrons. The molecule has 8 nitrogen and oxygen atoms in total. The van der Waals surface area contributed by atoms with Gasteiger partial charge in [-0.1, -0.05) is 32.0 Å². The second-order valence-corrected chi connectivity index (χ2v) is 9.53. The minimum atomic E-state index is -4.54. The smallest absolute Gasteiger partial charge is 0.393 e. The molecule has 4 rings (SSSR count). The van der Waals surface area contributed by atoms with E-state index in [0.717, 1.165) is 17.4 Å². The monoisotopic (exact) mass is 475 g/mol. The largest absolute Gasteiger partial charge is 0.419 e. The summed E-state index contributed by atoms with van der Waals surface area (Å²) in [7, 11) is 0. The van der Waals surface area contributed by atoms with Crippen molar-refractivity contribution in [3.8, 4) is 5.69 Å². The Morgan fingerprint density at radius 2 is 1.97 bits per heavy atom.